The van der Waals surface area contributed by atoms with Gasteiger partial charge in [0.15, 0.2) is 0 Å². The second-order valence-electron chi connectivity index (χ2n) is 9.48. The lowest BCUT2D eigenvalue weighted by Crippen LogP contribution is -2.39. The minimum atomic E-state index is -4.25. The summed E-state index contributed by atoms with van der Waals surface area (Å²) < 4.78 is 56.0. The summed E-state index contributed by atoms with van der Waals surface area (Å²) in [5, 5.41) is 6.53. The molecule has 2 heterocycles. The minimum absolute atomic E-state index is 0.00707. The SMILES string of the molecule is Cc1ccc(F)c([C@@H](C)[C@@H](c2n[nH]c(=O)o2)N2CCOc3c(ccc(Cl)c3[C@H](C)N(C)C)S2(=O)=O)c1C. The number of nitrogens with one attached hydrogen (secondary N) is 1. The largest absolute Gasteiger partial charge is 0.490 e. The monoisotopic (exact) mass is 552 g/mol. The Labute approximate surface area is 220 Å². The molecule has 0 aliphatic carbocycles. The van der Waals surface area contributed by atoms with Crippen LogP contribution in [-0.4, -0.2) is 55.1 Å². The molecule has 4 rings (SSSR count). The summed E-state index contributed by atoms with van der Waals surface area (Å²) in [6.45, 7) is 7.10. The number of rotatable bonds is 6. The van der Waals surface area contributed by atoms with Crippen LogP contribution < -0.4 is 10.5 Å². The highest BCUT2D eigenvalue weighted by Gasteiger charge is 2.44. The Morgan fingerprint density at radius 3 is 2.49 bits per heavy atom. The highest BCUT2D eigenvalue weighted by molar-refractivity contribution is 7.89. The van der Waals surface area contributed by atoms with E-state index in [1.165, 1.54) is 22.5 Å². The number of benzene rings is 2. The van der Waals surface area contributed by atoms with E-state index < -0.39 is 33.6 Å². The van der Waals surface area contributed by atoms with E-state index in [-0.39, 0.29) is 35.7 Å². The third-order valence-corrected chi connectivity index (χ3v) is 9.36. The van der Waals surface area contributed by atoms with Crippen LogP contribution in [0.5, 0.6) is 5.75 Å². The maximum atomic E-state index is 15.2. The summed E-state index contributed by atoms with van der Waals surface area (Å²) in [6, 6.07) is 4.55. The first-order valence-corrected chi connectivity index (χ1v) is 13.6. The lowest BCUT2D eigenvalue weighted by Gasteiger charge is -2.32. The maximum Gasteiger partial charge on any atom is 0.434 e. The van der Waals surface area contributed by atoms with Crippen molar-refractivity contribution >= 4 is 21.6 Å². The second-order valence-corrected chi connectivity index (χ2v) is 11.7. The predicted molar refractivity (Wildman–Crippen MR) is 137 cm³/mol. The molecular formula is C25H30ClFN4O5S. The zero-order chi connectivity index (χ0) is 27.2. The van der Waals surface area contributed by atoms with Gasteiger partial charge in [0.25, 0.3) is 0 Å². The van der Waals surface area contributed by atoms with Gasteiger partial charge in [-0.1, -0.05) is 24.6 Å². The molecule has 2 aromatic carbocycles. The number of aromatic nitrogens is 2. The molecule has 3 atom stereocenters. The van der Waals surface area contributed by atoms with Crippen molar-refractivity contribution < 1.29 is 22.0 Å². The Bertz CT molecular complexity index is 1490. The molecule has 0 saturated carbocycles. The van der Waals surface area contributed by atoms with Crippen LogP contribution in [0.2, 0.25) is 5.02 Å². The smallest absolute Gasteiger partial charge is 0.434 e. The molecule has 0 bridgehead atoms. The highest BCUT2D eigenvalue weighted by atomic mass is 35.5. The molecule has 0 saturated heterocycles. The fourth-order valence-electron chi connectivity index (χ4n) is 4.80. The first kappa shape index (κ1) is 27.3. The minimum Gasteiger partial charge on any atom is -0.490 e. The van der Waals surface area contributed by atoms with E-state index in [9.17, 15) is 13.2 Å². The molecule has 0 radical (unpaired) electrons. The summed E-state index contributed by atoms with van der Waals surface area (Å²) in [6.07, 6.45) is 0. The third-order valence-electron chi connectivity index (χ3n) is 7.12. The molecule has 0 amide bonds. The van der Waals surface area contributed by atoms with Crippen molar-refractivity contribution in [2.45, 2.75) is 50.6 Å². The van der Waals surface area contributed by atoms with Crippen LogP contribution in [0.4, 0.5) is 4.39 Å². The van der Waals surface area contributed by atoms with Gasteiger partial charge >= 0.3 is 5.76 Å². The van der Waals surface area contributed by atoms with Crippen LogP contribution in [0.1, 0.15) is 60.0 Å². The van der Waals surface area contributed by atoms with Gasteiger partial charge in [-0.3, -0.25) is 0 Å². The fourth-order valence-corrected chi connectivity index (χ4v) is 6.89. The van der Waals surface area contributed by atoms with E-state index >= 15 is 4.39 Å². The number of H-pyrrole nitrogens is 1. The molecule has 3 aromatic rings. The Balaban J connectivity index is 1.93. The average molecular weight is 553 g/mol. The molecule has 1 aromatic heterocycles. The van der Waals surface area contributed by atoms with Crippen LogP contribution in [-0.2, 0) is 10.0 Å². The van der Waals surface area contributed by atoms with Crippen LogP contribution in [0.15, 0.2) is 38.4 Å². The molecule has 1 aliphatic heterocycles. The highest BCUT2D eigenvalue weighted by Crippen LogP contribution is 2.45. The van der Waals surface area contributed by atoms with Gasteiger partial charge in [0.2, 0.25) is 15.9 Å². The van der Waals surface area contributed by atoms with E-state index in [0.717, 1.165) is 5.56 Å². The topological polar surface area (TPSA) is 109 Å². The van der Waals surface area contributed by atoms with Crippen molar-refractivity contribution in [2.24, 2.45) is 0 Å². The number of nitrogens with zero attached hydrogens (tertiary/aromatic N) is 3. The number of hydrogen-bond acceptors (Lipinski definition) is 7. The van der Waals surface area contributed by atoms with Crippen LogP contribution in [0.3, 0.4) is 0 Å². The van der Waals surface area contributed by atoms with Gasteiger partial charge in [-0.05, 0) is 69.8 Å². The Hall–Kier alpha value is -2.73. The van der Waals surface area contributed by atoms with Gasteiger partial charge in [-0.15, -0.1) is 5.10 Å². The van der Waals surface area contributed by atoms with Gasteiger partial charge in [-0.25, -0.2) is 22.7 Å². The molecule has 9 nitrogen and oxygen atoms in total. The van der Waals surface area contributed by atoms with Crippen molar-refractivity contribution in [1.82, 2.24) is 19.4 Å². The molecular weight excluding hydrogens is 523 g/mol. The summed E-state index contributed by atoms with van der Waals surface area (Å²) in [7, 11) is -0.542. The number of halogens is 2. The molecule has 200 valence electrons. The molecule has 0 unspecified atom stereocenters. The number of aryl methyl sites for hydroxylation is 1. The van der Waals surface area contributed by atoms with Crippen molar-refractivity contribution in [3.05, 3.63) is 73.8 Å². The zero-order valence-electron chi connectivity index (χ0n) is 21.5. The molecule has 37 heavy (non-hydrogen) atoms. The lowest BCUT2D eigenvalue weighted by molar-refractivity contribution is 0.207. The summed E-state index contributed by atoms with van der Waals surface area (Å²) >= 11 is 6.50. The third kappa shape index (κ3) is 4.81. The van der Waals surface area contributed by atoms with Crippen molar-refractivity contribution in [2.75, 3.05) is 27.2 Å². The first-order chi connectivity index (χ1) is 17.4. The standard InChI is InChI=1S/C25H30ClFN4O5S/c1-13-7-9-18(27)20(14(13)2)15(3)22(24-28-29-25(32)36-24)31-11-12-35-23-19(37(31,33)34)10-8-17(26)21(23)16(4)30(5)6/h7-10,15-16,22H,11-12H2,1-6H3,(H,29,32)/t15-,16+,22+/m1/s1. The van der Waals surface area contributed by atoms with Crippen molar-refractivity contribution in [3.63, 3.8) is 0 Å². The van der Waals surface area contributed by atoms with E-state index in [1.54, 1.807) is 19.9 Å². The maximum absolute atomic E-state index is 15.2. The fraction of sp³-hybridized carbons (Fsp3) is 0.440. The Morgan fingerprint density at radius 1 is 1.16 bits per heavy atom. The van der Waals surface area contributed by atoms with E-state index in [1.807, 2.05) is 32.8 Å². The van der Waals surface area contributed by atoms with E-state index in [4.69, 9.17) is 20.8 Å². The van der Waals surface area contributed by atoms with Crippen LogP contribution >= 0.6 is 11.6 Å². The lowest BCUT2D eigenvalue weighted by atomic mass is 9.87. The molecule has 1 N–H and O–H groups in total. The molecule has 1 aliphatic rings. The zero-order valence-corrected chi connectivity index (χ0v) is 23.1. The normalized spacial score (nSPS) is 18.1. The number of ether oxygens (including phenoxy) is 1. The number of aromatic amines is 1. The van der Waals surface area contributed by atoms with Gasteiger partial charge < -0.3 is 14.1 Å². The van der Waals surface area contributed by atoms with Crippen LogP contribution in [0, 0.1) is 19.7 Å². The van der Waals surface area contributed by atoms with Gasteiger partial charge in [-0.2, -0.15) is 4.31 Å². The Kier molecular flexibility index (Phi) is 7.53. The number of fused-ring (bicyclic) bond motifs is 1. The second kappa shape index (κ2) is 10.2. The summed E-state index contributed by atoms with van der Waals surface area (Å²) in [5.41, 5.74) is 2.38. The average Bonchev–Trinajstić information content (AvgIpc) is 3.20. The Morgan fingerprint density at radius 2 is 1.86 bits per heavy atom. The molecule has 12 heteroatoms. The number of hydrogen-bond donors (Lipinski definition) is 1. The van der Waals surface area contributed by atoms with Gasteiger partial charge in [0.05, 0.1) is 0 Å². The van der Waals surface area contributed by atoms with Crippen molar-refractivity contribution in [1.29, 1.82) is 0 Å². The summed E-state index contributed by atoms with van der Waals surface area (Å²) in [5.74, 6) is -2.09. The first-order valence-electron chi connectivity index (χ1n) is 11.8. The quantitative estimate of drug-likeness (QED) is 0.485. The summed E-state index contributed by atoms with van der Waals surface area (Å²) in [4.78, 5) is 13.7. The van der Waals surface area contributed by atoms with Crippen LogP contribution in [0.25, 0.3) is 0 Å². The molecule has 0 spiro atoms. The van der Waals surface area contributed by atoms with E-state index in [0.29, 0.717) is 21.7 Å². The van der Waals surface area contributed by atoms with Crippen molar-refractivity contribution in [3.8, 4) is 5.75 Å². The van der Waals surface area contributed by atoms with Gasteiger partial charge in [0.1, 0.15) is 29.1 Å². The van der Waals surface area contributed by atoms with Gasteiger partial charge in [0, 0.05) is 29.1 Å². The van der Waals surface area contributed by atoms with E-state index in [2.05, 4.69) is 10.2 Å². The predicted octanol–water partition coefficient (Wildman–Crippen LogP) is 4.32. The number of sulfonamides is 1. The molecule has 0 fully saturated rings.